The molecule has 1 aliphatic rings. The van der Waals surface area contributed by atoms with Gasteiger partial charge in [-0.05, 0) is 12.1 Å². The van der Waals surface area contributed by atoms with Gasteiger partial charge in [0.25, 0.3) is 0 Å². The van der Waals surface area contributed by atoms with E-state index in [4.69, 9.17) is 21.1 Å². The van der Waals surface area contributed by atoms with Crippen LogP contribution in [0.25, 0.3) is 0 Å². The van der Waals surface area contributed by atoms with Gasteiger partial charge in [0.2, 0.25) is 0 Å². The summed E-state index contributed by atoms with van der Waals surface area (Å²) in [6.07, 6.45) is -0.0972. The van der Waals surface area contributed by atoms with Gasteiger partial charge in [-0.2, -0.15) is 0 Å². The largest absolute Gasteiger partial charge is 0.350 e. The molecule has 0 aromatic carbocycles. The Morgan fingerprint density at radius 3 is 2.79 bits per heavy atom. The van der Waals surface area contributed by atoms with E-state index in [9.17, 15) is 4.79 Å². The Kier molecular flexibility index (Phi) is 3.18. The van der Waals surface area contributed by atoms with Gasteiger partial charge in [-0.15, -0.1) is 11.3 Å². The van der Waals surface area contributed by atoms with Gasteiger partial charge >= 0.3 is 0 Å². The molecule has 0 radical (unpaired) electrons. The Morgan fingerprint density at radius 1 is 1.50 bits per heavy atom. The SMILES string of the molecule is O=C(CC1OCCO1)c1ccc(Cl)s1. The van der Waals surface area contributed by atoms with Gasteiger partial charge in [-0.3, -0.25) is 4.79 Å². The van der Waals surface area contributed by atoms with Gasteiger partial charge in [-0.25, -0.2) is 0 Å². The number of carbonyl (C=O) groups is 1. The van der Waals surface area contributed by atoms with Crippen LogP contribution in [-0.2, 0) is 9.47 Å². The smallest absolute Gasteiger partial charge is 0.177 e. The van der Waals surface area contributed by atoms with Gasteiger partial charge in [0.1, 0.15) is 0 Å². The van der Waals surface area contributed by atoms with Crippen LogP contribution < -0.4 is 0 Å². The molecule has 1 aromatic rings. The van der Waals surface area contributed by atoms with E-state index in [1.165, 1.54) is 11.3 Å². The van der Waals surface area contributed by atoms with Gasteiger partial charge in [0.15, 0.2) is 12.1 Å². The van der Waals surface area contributed by atoms with Crippen molar-refractivity contribution >= 4 is 28.7 Å². The zero-order valence-corrected chi connectivity index (χ0v) is 8.94. The predicted molar refractivity (Wildman–Crippen MR) is 54.0 cm³/mol. The summed E-state index contributed by atoms with van der Waals surface area (Å²) < 4.78 is 11.0. The zero-order valence-electron chi connectivity index (χ0n) is 7.36. The number of hydrogen-bond donors (Lipinski definition) is 0. The molecule has 0 N–H and O–H groups in total. The molecule has 1 aliphatic heterocycles. The van der Waals surface area contributed by atoms with E-state index in [-0.39, 0.29) is 18.5 Å². The first-order valence-corrected chi connectivity index (χ1v) is 5.47. The van der Waals surface area contributed by atoms with Gasteiger partial charge in [0, 0.05) is 0 Å². The van der Waals surface area contributed by atoms with Crippen LogP contribution in [0.2, 0.25) is 4.34 Å². The molecule has 0 atom stereocenters. The molecule has 2 heterocycles. The van der Waals surface area contributed by atoms with Crippen molar-refractivity contribution in [3.63, 3.8) is 0 Å². The summed E-state index contributed by atoms with van der Waals surface area (Å²) in [6, 6.07) is 3.44. The molecule has 1 fully saturated rings. The normalized spacial score (nSPS) is 17.5. The maximum absolute atomic E-state index is 11.6. The molecule has 0 saturated carbocycles. The van der Waals surface area contributed by atoms with Crippen LogP contribution in [-0.4, -0.2) is 25.3 Å². The fourth-order valence-corrected chi connectivity index (χ4v) is 2.23. The van der Waals surface area contributed by atoms with Crippen LogP contribution in [0.4, 0.5) is 0 Å². The highest BCUT2D eigenvalue weighted by molar-refractivity contribution is 7.18. The summed E-state index contributed by atoms with van der Waals surface area (Å²) in [5.74, 6) is 0.0220. The van der Waals surface area contributed by atoms with Crippen molar-refractivity contribution in [2.75, 3.05) is 13.2 Å². The number of ketones is 1. The van der Waals surface area contributed by atoms with E-state index in [1.54, 1.807) is 12.1 Å². The van der Waals surface area contributed by atoms with Crippen LogP contribution in [0.15, 0.2) is 12.1 Å². The lowest BCUT2D eigenvalue weighted by atomic mass is 10.2. The number of hydrogen-bond acceptors (Lipinski definition) is 4. The summed E-state index contributed by atoms with van der Waals surface area (Å²) in [6.45, 7) is 1.15. The van der Waals surface area contributed by atoms with Crippen molar-refractivity contribution in [2.45, 2.75) is 12.7 Å². The second-order valence-electron chi connectivity index (χ2n) is 2.90. The molecule has 14 heavy (non-hydrogen) atoms. The van der Waals surface area contributed by atoms with Gasteiger partial charge in [-0.1, -0.05) is 11.6 Å². The second kappa shape index (κ2) is 4.40. The third-order valence-electron chi connectivity index (χ3n) is 1.89. The van der Waals surface area contributed by atoms with Crippen molar-refractivity contribution in [3.05, 3.63) is 21.3 Å². The minimum absolute atomic E-state index is 0.0220. The van der Waals surface area contributed by atoms with Crippen molar-refractivity contribution in [1.29, 1.82) is 0 Å². The third-order valence-corrected chi connectivity index (χ3v) is 3.16. The molecule has 5 heteroatoms. The number of thiophene rings is 1. The molecule has 1 aromatic heterocycles. The van der Waals surface area contributed by atoms with Crippen molar-refractivity contribution in [3.8, 4) is 0 Å². The van der Waals surface area contributed by atoms with Crippen LogP contribution in [0.5, 0.6) is 0 Å². The van der Waals surface area contributed by atoms with Crippen molar-refractivity contribution in [2.24, 2.45) is 0 Å². The fourth-order valence-electron chi connectivity index (χ4n) is 1.24. The average molecular weight is 233 g/mol. The predicted octanol–water partition coefficient (Wildman–Crippen LogP) is 2.35. The van der Waals surface area contributed by atoms with E-state index >= 15 is 0 Å². The third kappa shape index (κ3) is 2.33. The van der Waals surface area contributed by atoms with E-state index < -0.39 is 0 Å². The molecule has 2 rings (SSSR count). The van der Waals surface area contributed by atoms with E-state index in [0.29, 0.717) is 22.4 Å². The minimum atomic E-state index is -0.372. The molecule has 0 aliphatic carbocycles. The first kappa shape index (κ1) is 10.1. The second-order valence-corrected chi connectivity index (χ2v) is 4.62. The highest BCUT2D eigenvalue weighted by atomic mass is 35.5. The number of rotatable bonds is 3. The topological polar surface area (TPSA) is 35.5 Å². The number of carbonyl (C=O) groups excluding carboxylic acids is 1. The highest BCUT2D eigenvalue weighted by Gasteiger charge is 2.21. The Hall–Kier alpha value is -0.420. The maximum atomic E-state index is 11.6. The molecule has 3 nitrogen and oxygen atoms in total. The number of ether oxygens (including phenoxy) is 2. The fraction of sp³-hybridized carbons (Fsp3) is 0.444. The molecule has 0 unspecified atom stereocenters. The Balaban J connectivity index is 1.95. The van der Waals surface area contributed by atoms with E-state index in [1.807, 2.05) is 0 Å². The molecule has 0 spiro atoms. The minimum Gasteiger partial charge on any atom is -0.350 e. The molecule has 76 valence electrons. The van der Waals surface area contributed by atoms with Crippen LogP contribution in [0, 0.1) is 0 Å². The Morgan fingerprint density at radius 2 is 2.21 bits per heavy atom. The summed E-state index contributed by atoms with van der Waals surface area (Å²) in [7, 11) is 0. The Bertz CT molecular complexity index is 331. The van der Waals surface area contributed by atoms with E-state index in [2.05, 4.69) is 0 Å². The van der Waals surface area contributed by atoms with Gasteiger partial charge in [0.05, 0.1) is 28.8 Å². The molecule has 0 bridgehead atoms. The first-order valence-electron chi connectivity index (χ1n) is 4.27. The highest BCUT2D eigenvalue weighted by Crippen LogP contribution is 2.23. The van der Waals surface area contributed by atoms with Crippen LogP contribution in [0.1, 0.15) is 16.1 Å². The molecular weight excluding hydrogens is 224 g/mol. The quantitative estimate of drug-likeness (QED) is 0.751. The summed E-state index contributed by atoms with van der Waals surface area (Å²) >= 11 is 7.01. The average Bonchev–Trinajstić information content (AvgIpc) is 2.75. The lowest BCUT2D eigenvalue weighted by Gasteiger charge is -2.05. The van der Waals surface area contributed by atoms with Crippen molar-refractivity contribution in [1.82, 2.24) is 0 Å². The van der Waals surface area contributed by atoms with Gasteiger partial charge < -0.3 is 9.47 Å². The summed E-state index contributed by atoms with van der Waals surface area (Å²) in [4.78, 5) is 12.3. The van der Waals surface area contributed by atoms with Crippen molar-refractivity contribution < 1.29 is 14.3 Å². The van der Waals surface area contributed by atoms with E-state index in [0.717, 1.165) is 0 Å². The summed E-state index contributed by atoms with van der Waals surface area (Å²) in [5, 5.41) is 0. The summed E-state index contributed by atoms with van der Waals surface area (Å²) in [5.41, 5.74) is 0. The molecule has 0 amide bonds. The Labute approximate surface area is 90.6 Å². The van der Waals surface area contributed by atoms with Crippen LogP contribution in [0.3, 0.4) is 0 Å². The maximum Gasteiger partial charge on any atom is 0.177 e. The molecular formula is C9H9ClO3S. The lowest BCUT2D eigenvalue weighted by Crippen LogP contribution is -2.13. The van der Waals surface area contributed by atoms with Crippen LogP contribution >= 0.6 is 22.9 Å². The zero-order chi connectivity index (χ0) is 9.97. The number of Topliss-reactive ketones (excluding diaryl/α,β-unsaturated/α-hetero) is 1. The lowest BCUT2D eigenvalue weighted by molar-refractivity contribution is -0.0406. The molecule has 1 saturated heterocycles. The standard InChI is InChI=1S/C9H9ClO3S/c10-8-2-1-7(14-8)6(11)5-9-12-3-4-13-9/h1-2,9H,3-5H2. The number of halogens is 1. The first-order chi connectivity index (χ1) is 6.75. The monoisotopic (exact) mass is 232 g/mol.